The van der Waals surface area contributed by atoms with Crippen LogP contribution in [0.1, 0.15) is 63.2 Å². The third kappa shape index (κ3) is 4.58. The van der Waals surface area contributed by atoms with Gasteiger partial charge in [-0.15, -0.1) is 0 Å². The Hall–Kier alpha value is -1.44. The molecule has 156 valence electrons. The van der Waals surface area contributed by atoms with Crippen LogP contribution >= 0.6 is 0 Å². The summed E-state index contributed by atoms with van der Waals surface area (Å²) in [5.74, 6) is -0.0739. The first-order chi connectivity index (χ1) is 13.3. The minimum Gasteiger partial charge on any atom is -0.373 e. The number of ether oxygens (including phenoxy) is 1. The minimum absolute atomic E-state index is 0.0739. The molecule has 3 rings (SSSR count). The quantitative estimate of drug-likeness (QED) is 0.750. The molecule has 1 aromatic carbocycles. The maximum absolute atomic E-state index is 13.1. The van der Waals surface area contributed by atoms with Gasteiger partial charge in [0.15, 0.2) is 0 Å². The number of rotatable bonds is 5. The zero-order valence-corrected chi connectivity index (χ0v) is 18.0. The highest BCUT2D eigenvalue weighted by Crippen LogP contribution is 2.26. The Morgan fingerprint density at radius 3 is 2.39 bits per heavy atom. The summed E-state index contributed by atoms with van der Waals surface area (Å²) >= 11 is 0. The molecule has 1 aliphatic heterocycles. The third-order valence-electron chi connectivity index (χ3n) is 5.72. The summed E-state index contributed by atoms with van der Waals surface area (Å²) in [6.45, 7) is 7.04. The fourth-order valence-electron chi connectivity index (χ4n) is 4.39. The van der Waals surface area contributed by atoms with Crippen LogP contribution in [0.25, 0.3) is 0 Å². The normalized spacial score (nSPS) is 24.8. The van der Waals surface area contributed by atoms with Gasteiger partial charge in [-0.2, -0.15) is 4.31 Å². The van der Waals surface area contributed by atoms with Gasteiger partial charge in [-0.3, -0.25) is 4.79 Å². The summed E-state index contributed by atoms with van der Waals surface area (Å²) in [5.41, 5.74) is 0.447. The van der Waals surface area contributed by atoms with Crippen molar-refractivity contribution < 1.29 is 17.9 Å². The predicted molar refractivity (Wildman–Crippen MR) is 109 cm³/mol. The molecule has 1 saturated heterocycles. The second-order valence-electron chi connectivity index (χ2n) is 7.99. The van der Waals surface area contributed by atoms with Gasteiger partial charge in [0.25, 0.3) is 5.91 Å². The second kappa shape index (κ2) is 8.93. The molecule has 0 N–H and O–H groups in total. The summed E-state index contributed by atoms with van der Waals surface area (Å²) in [6.07, 6.45) is 5.29. The fourth-order valence-corrected chi connectivity index (χ4v) is 6.03. The molecule has 2 atom stereocenters. The standard InChI is InChI=1S/C21H32N2O4S/c1-4-23(19-10-6-5-7-11-19)21(24)18-9-8-12-20(13-18)28(25,26)22-14-16(2)27-17(3)15-22/h8-9,12-13,16-17,19H,4-7,10-11,14-15H2,1-3H3. The summed E-state index contributed by atoms with van der Waals surface area (Å²) in [4.78, 5) is 15.2. The molecule has 6 nitrogen and oxygen atoms in total. The lowest BCUT2D eigenvalue weighted by Crippen LogP contribution is -2.48. The van der Waals surface area contributed by atoms with Crippen LogP contribution in [0.3, 0.4) is 0 Å². The van der Waals surface area contributed by atoms with Gasteiger partial charge in [-0.1, -0.05) is 25.3 Å². The van der Waals surface area contributed by atoms with Crippen LogP contribution in [0, 0.1) is 0 Å². The Kier molecular flexibility index (Phi) is 6.78. The lowest BCUT2D eigenvalue weighted by Gasteiger charge is -2.35. The molecule has 0 radical (unpaired) electrons. The van der Waals surface area contributed by atoms with E-state index in [0.29, 0.717) is 25.2 Å². The van der Waals surface area contributed by atoms with Gasteiger partial charge < -0.3 is 9.64 Å². The molecular weight excluding hydrogens is 376 g/mol. The van der Waals surface area contributed by atoms with Gasteiger partial charge in [-0.05, 0) is 51.8 Å². The average Bonchev–Trinajstić information content (AvgIpc) is 2.68. The van der Waals surface area contributed by atoms with Crippen molar-refractivity contribution >= 4 is 15.9 Å². The molecule has 0 bridgehead atoms. The number of carbonyl (C=O) groups is 1. The first-order valence-corrected chi connectivity index (χ1v) is 11.8. The summed E-state index contributed by atoms with van der Waals surface area (Å²) in [7, 11) is -3.66. The molecule has 1 saturated carbocycles. The van der Waals surface area contributed by atoms with E-state index in [1.165, 1.54) is 16.8 Å². The van der Waals surface area contributed by atoms with E-state index >= 15 is 0 Å². The highest BCUT2D eigenvalue weighted by Gasteiger charge is 2.33. The van der Waals surface area contributed by atoms with Crippen molar-refractivity contribution in [1.82, 2.24) is 9.21 Å². The van der Waals surface area contributed by atoms with Crippen LogP contribution in [0.2, 0.25) is 0 Å². The van der Waals surface area contributed by atoms with Crippen molar-refractivity contribution in [2.45, 2.75) is 76.0 Å². The van der Waals surface area contributed by atoms with E-state index in [-0.39, 0.29) is 29.1 Å². The molecule has 1 heterocycles. The second-order valence-corrected chi connectivity index (χ2v) is 9.93. The number of hydrogen-bond acceptors (Lipinski definition) is 4. The molecule has 1 amide bonds. The third-order valence-corrected chi connectivity index (χ3v) is 7.55. The molecule has 28 heavy (non-hydrogen) atoms. The largest absolute Gasteiger partial charge is 0.373 e. The van der Waals surface area contributed by atoms with Crippen LogP contribution in [0.5, 0.6) is 0 Å². The highest BCUT2D eigenvalue weighted by molar-refractivity contribution is 7.89. The summed E-state index contributed by atoms with van der Waals surface area (Å²) < 4.78 is 33.4. The maximum Gasteiger partial charge on any atom is 0.254 e. The molecule has 1 aromatic rings. The number of carbonyl (C=O) groups excluding carboxylic acids is 1. The molecular formula is C21H32N2O4S. The fraction of sp³-hybridized carbons (Fsp3) is 0.667. The average molecular weight is 409 g/mol. The van der Waals surface area contributed by atoms with E-state index in [9.17, 15) is 13.2 Å². The number of morpholine rings is 1. The van der Waals surface area contributed by atoms with E-state index in [1.807, 2.05) is 25.7 Å². The van der Waals surface area contributed by atoms with Crippen LogP contribution in [-0.2, 0) is 14.8 Å². The van der Waals surface area contributed by atoms with Gasteiger partial charge in [0.05, 0.1) is 17.1 Å². The van der Waals surface area contributed by atoms with Gasteiger partial charge in [0.2, 0.25) is 10.0 Å². The van der Waals surface area contributed by atoms with Gasteiger partial charge in [0.1, 0.15) is 0 Å². The van der Waals surface area contributed by atoms with E-state index < -0.39 is 10.0 Å². The van der Waals surface area contributed by atoms with Gasteiger partial charge >= 0.3 is 0 Å². The SMILES string of the molecule is CCN(C(=O)c1cccc(S(=O)(=O)N2CC(C)OC(C)C2)c1)C1CCCCC1. The number of hydrogen-bond donors (Lipinski definition) is 0. The Morgan fingerprint density at radius 1 is 1.14 bits per heavy atom. The molecule has 7 heteroatoms. The van der Waals surface area contributed by atoms with Crippen molar-refractivity contribution in [3.63, 3.8) is 0 Å². The summed E-state index contributed by atoms with van der Waals surface area (Å²) in [6, 6.07) is 6.76. The maximum atomic E-state index is 13.1. The van der Waals surface area contributed by atoms with E-state index in [1.54, 1.807) is 18.2 Å². The van der Waals surface area contributed by atoms with Crippen molar-refractivity contribution in [3.8, 4) is 0 Å². The van der Waals surface area contributed by atoms with E-state index in [2.05, 4.69) is 0 Å². The Balaban J connectivity index is 1.83. The molecule has 2 unspecified atom stereocenters. The predicted octanol–water partition coefficient (Wildman–Crippen LogP) is 3.28. The smallest absolute Gasteiger partial charge is 0.254 e. The number of amides is 1. The topological polar surface area (TPSA) is 66.9 Å². The monoisotopic (exact) mass is 408 g/mol. The van der Waals surface area contributed by atoms with Crippen LogP contribution in [0.15, 0.2) is 29.2 Å². The van der Waals surface area contributed by atoms with Gasteiger partial charge in [-0.25, -0.2) is 8.42 Å². The first-order valence-electron chi connectivity index (χ1n) is 10.4. The van der Waals surface area contributed by atoms with E-state index in [4.69, 9.17) is 4.74 Å². The zero-order chi connectivity index (χ0) is 20.3. The molecule has 0 spiro atoms. The molecule has 1 aliphatic carbocycles. The number of sulfonamides is 1. The zero-order valence-electron chi connectivity index (χ0n) is 17.1. The van der Waals surface area contributed by atoms with Crippen LogP contribution in [-0.4, -0.2) is 61.4 Å². The minimum atomic E-state index is -3.66. The van der Waals surface area contributed by atoms with Crippen molar-refractivity contribution in [3.05, 3.63) is 29.8 Å². The molecule has 2 fully saturated rings. The first kappa shape index (κ1) is 21.3. The lowest BCUT2D eigenvalue weighted by molar-refractivity contribution is -0.0440. The lowest BCUT2D eigenvalue weighted by atomic mass is 9.93. The number of nitrogens with zero attached hydrogens (tertiary/aromatic N) is 2. The van der Waals surface area contributed by atoms with Crippen LogP contribution in [0.4, 0.5) is 0 Å². The van der Waals surface area contributed by atoms with E-state index in [0.717, 1.165) is 25.7 Å². The van der Waals surface area contributed by atoms with Crippen LogP contribution < -0.4 is 0 Å². The van der Waals surface area contributed by atoms with Crippen molar-refractivity contribution in [2.24, 2.45) is 0 Å². The molecule has 2 aliphatic rings. The number of benzene rings is 1. The highest BCUT2D eigenvalue weighted by atomic mass is 32.2. The molecule has 0 aromatic heterocycles. The Morgan fingerprint density at radius 2 is 1.79 bits per heavy atom. The Bertz CT molecular complexity index is 779. The van der Waals surface area contributed by atoms with Gasteiger partial charge in [0, 0.05) is 31.2 Å². The van der Waals surface area contributed by atoms with Crippen molar-refractivity contribution in [1.29, 1.82) is 0 Å². The Labute approximate surface area is 168 Å². The summed E-state index contributed by atoms with van der Waals surface area (Å²) in [5, 5.41) is 0. The van der Waals surface area contributed by atoms with Crippen molar-refractivity contribution in [2.75, 3.05) is 19.6 Å².